The fourth-order valence-electron chi connectivity index (χ4n) is 3.74. The van der Waals surface area contributed by atoms with Crippen LogP contribution in [0, 0.1) is 12.8 Å². The van der Waals surface area contributed by atoms with Crippen LogP contribution >= 0.6 is 0 Å². The number of para-hydroxylation sites is 1. The summed E-state index contributed by atoms with van der Waals surface area (Å²) >= 11 is 0. The van der Waals surface area contributed by atoms with Crippen molar-refractivity contribution in [3.8, 4) is 0 Å². The average Bonchev–Trinajstić information content (AvgIpc) is 2.73. The molecule has 1 saturated heterocycles. The van der Waals surface area contributed by atoms with Gasteiger partial charge in [-0.1, -0.05) is 32.0 Å². The van der Waals surface area contributed by atoms with Crippen molar-refractivity contribution in [2.45, 2.75) is 40.0 Å². The van der Waals surface area contributed by atoms with Crippen molar-refractivity contribution in [3.63, 3.8) is 0 Å². The molecule has 0 atom stereocenters. The summed E-state index contributed by atoms with van der Waals surface area (Å²) in [6, 6.07) is 13.3. The molecule has 2 N–H and O–H groups in total. The van der Waals surface area contributed by atoms with E-state index in [1.807, 2.05) is 24.0 Å². The molecule has 0 saturated carbocycles. The lowest BCUT2D eigenvalue weighted by Gasteiger charge is -2.30. The van der Waals surface area contributed by atoms with Gasteiger partial charge in [0.2, 0.25) is 5.91 Å². The highest BCUT2D eigenvalue weighted by Gasteiger charge is 2.21. The lowest BCUT2D eigenvalue weighted by atomic mass is 9.98. The van der Waals surface area contributed by atoms with Gasteiger partial charge in [-0.2, -0.15) is 0 Å². The van der Waals surface area contributed by atoms with Crippen molar-refractivity contribution in [2.75, 3.05) is 30.3 Å². The minimum absolute atomic E-state index is 0.0723. The molecule has 0 unspecified atom stereocenters. The van der Waals surface area contributed by atoms with E-state index in [1.54, 1.807) is 24.3 Å². The Morgan fingerprint density at radius 2 is 1.76 bits per heavy atom. The minimum Gasteiger partial charge on any atom is -0.376 e. The quantitative estimate of drug-likeness (QED) is 0.761. The van der Waals surface area contributed by atoms with Crippen molar-refractivity contribution < 1.29 is 9.59 Å². The van der Waals surface area contributed by atoms with Crippen LogP contribution in [0.15, 0.2) is 42.5 Å². The maximum Gasteiger partial charge on any atom is 0.253 e. The molecule has 2 amide bonds. The summed E-state index contributed by atoms with van der Waals surface area (Å²) in [6.07, 6.45) is 3.04. The number of carbonyl (C=O) groups excluding carboxylic acids is 2. The van der Waals surface area contributed by atoms with E-state index in [9.17, 15) is 9.59 Å². The summed E-state index contributed by atoms with van der Waals surface area (Å²) < 4.78 is 0. The SMILES string of the molecule is CCc1cccc(C)c1NCC(=O)Nc1ccc(C(=O)N2CCC(C)CC2)cc1. The van der Waals surface area contributed by atoms with Crippen LogP contribution in [0.4, 0.5) is 11.4 Å². The summed E-state index contributed by atoms with van der Waals surface area (Å²) in [5.41, 5.74) is 4.73. The molecule has 0 aliphatic carbocycles. The fraction of sp³-hybridized carbons (Fsp3) is 0.417. The Hall–Kier alpha value is -2.82. The molecule has 1 aliphatic rings. The first-order chi connectivity index (χ1) is 14.0. The predicted octanol–water partition coefficient (Wildman–Crippen LogP) is 4.48. The minimum atomic E-state index is -0.112. The summed E-state index contributed by atoms with van der Waals surface area (Å²) in [5, 5.41) is 6.15. The van der Waals surface area contributed by atoms with Gasteiger partial charge in [0.25, 0.3) is 5.91 Å². The van der Waals surface area contributed by atoms with Gasteiger partial charge in [-0.05, 0) is 67.5 Å². The molecule has 1 aliphatic heterocycles. The maximum absolute atomic E-state index is 12.6. The monoisotopic (exact) mass is 393 g/mol. The highest BCUT2D eigenvalue weighted by atomic mass is 16.2. The van der Waals surface area contributed by atoms with Gasteiger partial charge in [-0.15, -0.1) is 0 Å². The Morgan fingerprint density at radius 3 is 2.41 bits per heavy atom. The van der Waals surface area contributed by atoms with Crippen LogP contribution in [0.3, 0.4) is 0 Å². The van der Waals surface area contributed by atoms with E-state index < -0.39 is 0 Å². The zero-order chi connectivity index (χ0) is 20.8. The van der Waals surface area contributed by atoms with Gasteiger partial charge in [0.05, 0.1) is 6.54 Å². The second kappa shape index (κ2) is 9.59. The molecule has 0 bridgehead atoms. The van der Waals surface area contributed by atoms with Gasteiger partial charge in [0.15, 0.2) is 0 Å². The molecule has 5 heteroatoms. The number of piperidine rings is 1. The maximum atomic E-state index is 12.6. The van der Waals surface area contributed by atoms with Crippen molar-refractivity contribution in [2.24, 2.45) is 5.92 Å². The first kappa shape index (κ1) is 20.9. The van der Waals surface area contributed by atoms with E-state index in [0.717, 1.165) is 43.6 Å². The van der Waals surface area contributed by atoms with Gasteiger partial charge in [-0.3, -0.25) is 9.59 Å². The summed E-state index contributed by atoms with van der Waals surface area (Å²) in [6.45, 7) is 8.22. The third-order valence-electron chi connectivity index (χ3n) is 5.65. The molecule has 154 valence electrons. The van der Waals surface area contributed by atoms with Crippen LogP contribution in [0.5, 0.6) is 0 Å². The van der Waals surface area contributed by atoms with Gasteiger partial charge >= 0.3 is 0 Å². The smallest absolute Gasteiger partial charge is 0.253 e. The van der Waals surface area contributed by atoms with Crippen LogP contribution in [0.1, 0.15) is 48.2 Å². The first-order valence-electron chi connectivity index (χ1n) is 10.5. The molecule has 29 heavy (non-hydrogen) atoms. The predicted molar refractivity (Wildman–Crippen MR) is 118 cm³/mol. The third kappa shape index (κ3) is 5.37. The number of nitrogens with one attached hydrogen (secondary N) is 2. The Balaban J connectivity index is 1.54. The topological polar surface area (TPSA) is 61.4 Å². The van der Waals surface area contributed by atoms with Crippen LogP contribution < -0.4 is 10.6 Å². The Kier molecular flexibility index (Phi) is 6.91. The largest absolute Gasteiger partial charge is 0.376 e. The van der Waals surface area contributed by atoms with Crippen molar-refractivity contribution in [1.82, 2.24) is 4.90 Å². The number of anilines is 2. The zero-order valence-electron chi connectivity index (χ0n) is 17.6. The number of likely N-dealkylation sites (tertiary alicyclic amines) is 1. The van der Waals surface area contributed by atoms with E-state index in [2.05, 4.69) is 30.5 Å². The second-order valence-corrected chi connectivity index (χ2v) is 7.92. The number of rotatable bonds is 6. The third-order valence-corrected chi connectivity index (χ3v) is 5.65. The van der Waals surface area contributed by atoms with Crippen molar-refractivity contribution in [1.29, 1.82) is 0 Å². The van der Waals surface area contributed by atoms with Crippen LogP contribution in [-0.4, -0.2) is 36.3 Å². The van der Waals surface area contributed by atoms with Crippen LogP contribution in [0.25, 0.3) is 0 Å². The molecule has 2 aromatic rings. The Bertz CT molecular complexity index is 853. The van der Waals surface area contributed by atoms with Crippen LogP contribution in [0.2, 0.25) is 0 Å². The van der Waals surface area contributed by atoms with E-state index >= 15 is 0 Å². The molecule has 1 heterocycles. The zero-order valence-corrected chi connectivity index (χ0v) is 17.6. The number of hydrogen-bond donors (Lipinski definition) is 2. The number of benzene rings is 2. The molecule has 3 rings (SSSR count). The second-order valence-electron chi connectivity index (χ2n) is 7.92. The highest BCUT2D eigenvalue weighted by molar-refractivity contribution is 5.96. The number of carbonyl (C=O) groups is 2. The fourth-order valence-corrected chi connectivity index (χ4v) is 3.74. The van der Waals surface area contributed by atoms with Crippen LogP contribution in [-0.2, 0) is 11.2 Å². The summed E-state index contributed by atoms with van der Waals surface area (Å²) in [5.74, 6) is 0.654. The first-order valence-corrected chi connectivity index (χ1v) is 10.5. The van der Waals surface area contributed by atoms with Crippen molar-refractivity contribution >= 4 is 23.2 Å². The number of hydrogen-bond acceptors (Lipinski definition) is 3. The van der Waals surface area contributed by atoms with Gasteiger partial charge in [0, 0.05) is 30.0 Å². The highest BCUT2D eigenvalue weighted by Crippen LogP contribution is 2.21. The Morgan fingerprint density at radius 1 is 1.07 bits per heavy atom. The number of amides is 2. The average molecular weight is 394 g/mol. The normalized spacial score (nSPS) is 14.5. The lowest BCUT2D eigenvalue weighted by molar-refractivity contribution is -0.114. The van der Waals surface area contributed by atoms with E-state index in [-0.39, 0.29) is 18.4 Å². The molecule has 0 spiro atoms. The standard InChI is InChI=1S/C24H31N3O2/c1-4-19-7-5-6-18(3)23(19)25-16-22(28)26-21-10-8-20(9-11-21)24(29)27-14-12-17(2)13-15-27/h5-11,17,25H,4,12-16H2,1-3H3,(H,26,28). The molecule has 2 aromatic carbocycles. The Labute approximate surface area is 173 Å². The van der Waals surface area contributed by atoms with E-state index in [0.29, 0.717) is 17.2 Å². The molecule has 0 aromatic heterocycles. The van der Waals surface area contributed by atoms with E-state index in [4.69, 9.17) is 0 Å². The molecule has 0 radical (unpaired) electrons. The molecule has 1 fully saturated rings. The van der Waals surface area contributed by atoms with Gasteiger partial charge < -0.3 is 15.5 Å². The lowest BCUT2D eigenvalue weighted by Crippen LogP contribution is -2.37. The molecule has 5 nitrogen and oxygen atoms in total. The van der Waals surface area contributed by atoms with Gasteiger partial charge in [0.1, 0.15) is 0 Å². The summed E-state index contributed by atoms with van der Waals surface area (Å²) in [4.78, 5) is 26.9. The summed E-state index contributed by atoms with van der Waals surface area (Å²) in [7, 11) is 0. The van der Waals surface area contributed by atoms with Gasteiger partial charge in [-0.25, -0.2) is 0 Å². The molecular formula is C24H31N3O2. The van der Waals surface area contributed by atoms with Crippen molar-refractivity contribution in [3.05, 3.63) is 59.2 Å². The molecular weight excluding hydrogens is 362 g/mol. The number of aryl methyl sites for hydroxylation is 2. The number of nitrogens with zero attached hydrogens (tertiary/aromatic N) is 1. The van der Waals surface area contributed by atoms with E-state index in [1.165, 1.54) is 5.56 Å².